The molecular weight excluding hydrogens is 298 g/mol. The van der Waals surface area contributed by atoms with Gasteiger partial charge in [-0.3, -0.25) is 0 Å². The molecule has 110 valence electrons. The molecule has 3 heterocycles. The van der Waals surface area contributed by atoms with Gasteiger partial charge in [0.15, 0.2) is 17.3 Å². The lowest BCUT2D eigenvalue weighted by atomic mass is 10.1. The van der Waals surface area contributed by atoms with E-state index >= 15 is 0 Å². The van der Waals surface area contributed by atoms with Crippen LogP contribution in [0.3, 0.4) is 0 Å². The second-order valence-electron chi connectivity index (χ2n) is 4.79. The molecule has 1 aromatic carbocycles. The van der Waals surface area contributed by atoms with Gasteiger partial charge in [0.2, 0.25) is 0 Å². The molecule has 3 N–H and O–H groups in total. The molecule has 0 atom stereocenters. The summed E-state index contributed by atoms with van der Waals surface area (Å²) in [6, 6.07) is 8.19. The summed E-state index contributed by atoms with van der Waals surface area (Å²) >= 11 is 1.67. The fourth-order valence-electron chi connectivity index (χ4n) is 2.41. The summed E-state index contributed by atoms with van der Waals surface area (Å²) in [7, 11) is 0. The first-order chi connectivity index (χ1) is 10.9. The maximum atomic E-state index is 9.01. The number of fused-ring (bicyclic) bond motifs is 2. The van der Waals surface area contributed by atoms with Crippen molar-refractivity contribution in [3.05, 3.63) is 36.0 Å². The molecule has 22 heavy (non-hydrogen) atoms. The van der Waals surface area contributed by atoms with Crippen LogP contribution in [0.5, 0.6) is 0 Å². The number of aromatic nitrogens is 4. The van der Waals surface area contributed by atoms with E-state index in [1.165, 1.54) is 4.70 Å². The Bertz CT molecular complexity index is 945. The predicted molar refractivity (Wildman–Crippen MR) is 88.1 cm³/mol. The minimum Gasteiger partial charge on any atom is -0.395 e. The van der Waals surface area contributed by atoms with Crippen molar-refractivity contribution in [1.29, 1.82) is 0 Å². The third-order valence-corrected chi connectivity index (χ3v) is 4.38. The summed E-state index contributed by atoms with van der Waals surface area (Å²) in [5.74, 6) is 1.29. The number of imidazole rings is 1. The van der Waals surface area contributed by atoms with Crippen molar-refractivity contribution < 1.29 is 5.11 Å². The molecule has 0 bridgehead atoms. The number of hydrogen-bond acceptors (Lipinski definition) is 6. The number of H-pyrrole nitrogens is 1. The maximum Gasteiger partial charge on any atom is 0.183 e. The molecule has 4 rings (SSSR count). The van der Waals surface area contributed by atoms with Gasteiger partial charge in [-0.25, -0.2) is 15.0 Å². The average molecular weight is 311 g/mol. The Balaban J connectivity index is 1.91. The zero-order chi connectivity index (χ0) is 14.9. The number of aliphatic hydroxyl groups excluding tert-OH is 1. The molecule has 7 heteroatoms. The normalized spacial score (nSPS) is 11.3. The highest BCUT2D eigenvalue weighted by Gasteiger charge is 2.14. The van der Waals surface area contributed by atoms with Crippen LogP contribution in [0.2, 0.25) is 0 Å². The van der Waals surface area contributed by atoms with Gasteiger partial charge in [-0.05, 0) is 6.07 Å². The first-order valence-electron chi connectivity index (χ1n) is 6.89. The first-order valence-corrected chi connectivity index (χ1v) is 7.77. The summed E-state index contributed by atoms with van der Waals surface area (Å²) < 4.78 is 1.20. The number of thiophene rings is 1. The molecule has 0 unspecified atom stereocenters. The predicted octanol–water partition coefficient (Wildman–Crippen LogP) is 2.64. The fourth-order valence-corrected chi connectivity index (χ4v) is 3.35. The van der Waals surface area contributed by atoms with Crippen molar-refractivity contribution in [1.82, 2.24) is 19.9 Å². The maximum absolute atomic E-state index is 9.01. The minimum absolute atomic E-state index is 0.0380. The Kier molecular flexibility index (Phi) is 3.21. The van der Waals surface area contributed by atoms with Gasteiger partial charge in [-0.2, -0.15) is 0 Å². The number of aliphatic hydroxyl groups is 1. The van der Waals surface area contributed by atoms with Gasteiger partial charge < -0.3 is 15.4 Å². The Labute approximate surface area is 129 Å². The number of hydrogen-bond donors (Lipinski definition) is 3. The van der Waals surface area contributed by atoms with Gasteiger partial charge in [-0.1, -0.05) is 18.2 Å². The lowest BCUT2D eigenvalue weighted by Gasteiger charge is -2.06. The standard InChI is InChI=1S/C15H13N5OS/c21-6-5-16-14-12-15(18-8-17-12)20-13(19-14)10-7-22-11-4-2-1-3-9(10)11/h1-4,7-8,21H,5-6H2,(H2,16,17,18,19,20). The number of rotatable bonds is 4. The number of benzene rings is 1. The van der Waals surface area contributed by atoms with Crippen molar-refractivity contribution in [3.8, 4) is 11.4 Å². The molecule has 3 aromatic heterocycles. The van der Waals surface area contributed by atoms with Gasteiger partial charge in [0.05, 0.1) is 12.9 Å². The van der Waals surface area contributed by atoms with E-state index < -0.39 is 0 Å². The van der Waals surface area contributed by atoms with Crippen LogP contribution in [0.15, 0.2) is 36.0 Å². The SMILES string of the molecule is OCCNc1nc(-c2csc3ccccc23)nc2nc[nH]c12. The molecular formula is C15H13N5OS. The van der Waals surface area contributed by atoms with Crippen LogP contribution in [0.25, 0.3) is 32.6 Å². The molecule has 0 aliphatic carbocycles. The zero-order valence-electron chi connectivity index (χ0n) is 11.6. The first kappa shape index (κ1) is 13.2. The van der Waals surface area contributed by atoms with E-state index in [4.69, 9.17) is 5.11 Å². The second kappa shape index (κ2) is 5.36. The van der Waals surface area contributed by atoms with Crippen molar-refractivity contribution >= 4 is 38.4 Å². The number of nitrogens with zero attached hydrogens (tertiary/aromatic N) is 3. The van der Waals surface area contributed by atoms with E-state index in [1.54, 1.807) is 17.7 Å². The summed E-state index contributed by atoms with van der Waals surface area (Å²) in [5, 5.41) is 15.3. The Morgan fingerprint density at radius 3 is 3.05 bits per heavy atom. The molecule has 0 radical (unpaired) electrons. The largest absolute Gasteiger partial charge is 0.395 e. The van der Waals surface area contributed by atoms with Crippen molar-refractivity contribution in [2.45, 2.75) is 0 Å². The van der Waals surface area contributed by atoms with Gasteiger partial charge in [-0.15, -0.1) is 11.3 Å². The molecule has 0 fully saturated rings. The Hall–Kier alpha value is -2.51. The van der Waals surface area contributed by atoms with Crippen LogP contribution in [-0.4, -0.2) is 38.2 Å². The Morgan fingerprint density at radius 1 is 1.23 bits per heavy atom. The highest BCUT2D eigenvalue weighted by molar-refractivity contribution is 7.17. The van der Waals surface area contributed by atoms with Gasteiger partial charge in [0.25, 0.3) is 0 Å². The van der Waals surface area contributed by atoms with Gasteiger partial charge in [0.1, 0.15) is 5.52 Å². The second-order valence-corrected chi connectivity index (χ2v) is 5.70. The van der Waals surface area contributed by atoms with Crippen LogP contribution in [0, 0.1) is 0 Å². The van der Waals surface area contributed by atoms with E-state index in [0.29, 0.717) is 23.8 Å². The van der Waals surface area contributed by atoms with Crippen molar-refractivity contribution in [3.63, 3.8) is 0 Å². The molecule has 4 aromatic rings. The lowest BCUT2D eigenvalue weighted by Crippen LogP contribution is -2.08. The number of nitrogens with one attached hydrogen (secondary N) is 2. The van der Waals surface area contributed by atoms with Gasteiger partial charge >= 0.3 is 0 Å². The topological polar surface area (TPSA) is 86.7 Å². The highest BCUT2D eigenvalue weighted by Crippen LogP contribution is 2.33. The van der Waals surface area contributed by atoms with Crippen LogP contribution in [-0.2, 0) is 0 Å². The van der Waals surface area contributed by atoms with Crippen molar-refractivity contribution in [2.24, 2.45) is 0 Å². The monoisotopic (exact) mass is 311 g/mol. The number of aromatic amines is 1. The van der Waals surface area contributed by atoms with Crippen LogP contribution < -0.4 is 5.32 Å². The highest BCUT2D eigenvalue weighted by atomic mass is 32.1. The van der Waals surface area contributed by atoms with Crippen LogP contribution in [0.1, 0.15) is 0 Å². The lowest BCUT2D eigenvalue weighted by molar-refractivity contribution is 0.311. The van der Waals surface area contributed by atoms with Crippen LogP contribution in [0.4, 0.5) is 5.82 Å². The molecule has 0 aliphatic heterocycles. The quantitative estimate of drug-likeness (QED) is 0.539. The summed E-state index contributed by atoms with van der Waals surface area (Å²) in [6.07, 6.45) is 1.60. The van der Waals surface area contributed by atoms with Crippen LogP contribution >= 0.6 is 11.3 Å². The fraction of sp³-hybridized carbons (Fsp3) is 0.133. The van der Waals surface area contributed by atoms with E-state index in [0.717, 1.165) is 16.5 Å². The zero-order valence-corrected chi connectivity index (χ0v) is 12.4. The van der Waals surface area contributed by atoms with E-state index in [1.807, 2.05) is 12.1 Å². The summed E-state index contributed by atoms with van der Waals surface area (Å²) in [6.45, 7) is 0.464. The third-order valence-electron chi connectivity index (χ3n) is 3.41. The van der Waals surface area contributed by atoms with Gasteiger partial charge in [0, 0.05) is 27.6 Å². The third kappa shape index (κ3) is 2.11. The van der Waals surface area contributed by atoms with E-state index in [2.05, 4.69) is 42.8 Å². The molecule has 0 saturated heterocycles. The minimum atomic E-state index is 0.0380. The average Bonchev–Trinajstić information content (AvgIpc) is 3.18. The molecule has 6 nitrogen and oxygen atoms in total. The Morgan fingerprint density at radius 2 is 2.14 bits per heavy atom. The summed E-state index contributed by atoms with van der Waals surface area (Å²) in [5.41, 5.74) is 2.36. The number of anilines is 1. The molecule has 0 spiro atoms. The molecule has 0 amide bonds. The van der Waals surface area contributed by atoms with E-state index in [-0.39, 0.29) is 6.61 Å². The molecule has 0 aliphatic rings. The van der Waals surface area contributed by atoms with E-state index in [9.17, 15) is 0 Å². The molecule has 0 saturated carbocycles. The smallest absolute Gasteiger partial charge is 0.183 e. The summed E-state index contributed by atoms with van der Waals surface area (Å²) in [4.78, 5) is 16.4. The van der Waals surface area contributed by atoms with Crippen molar-refractivity contribution in [2.75, 3.05) is 18.5 Å².